The Balaban J connectivity index is 2.14. The fourth-order valence-corrected chi connectivity index (χ4v) is 7.22. The quantitative estimate of drug-likeness (QED) is 0.406. The van der Waals surface area contributed by atoms with Gasteiger partial charge in [-0.1, -0.05) is 34.6 Å². The fourth-order valence-electron chi connectivity index (χ4n) is 7.22. The van der Waals surface area contributed by atoms with Crippen molar-refractivity contribution in [3.8, 4) is 0 Å². The summed E-state index contributed by atoms with van der Waals surface area (Å²) in [5, 5.41) is 32.0. The van der Waals surface area contributed by atoms with E-state index in [0.717, 1.165) is 44.9 Å². The maximum atomic E-state index is 11.7. The Labute approximate surface area is 196 Å². The van der Waals surface area contributed by atoms with E-state index in [1.807, 2.05) is 6.92 Å². The topological polar surface area (TPSA) is 87.0 Å². The SMILES string of the molecule is COC(=O)CC[C@@H](C)[C@H]1CC[C@@H](C)[C@]1(C)[C@@H](O)C[C@@H](C)[C@@]1(C)CC[C@@H](O)CC1C[C@H](C)O. The molecule has 32 heavy (non-hydrogen) atoms. The largest absolute Gasteiger partial charge is 0.469 e. The Morgan fingerprint density at radius 3 is 2.38 bits per heavy atom. The summed E-state index contributed by atoms with van der Waals surface area (Å²) in [5.74, 6) is 1.58. The summed E-state index contributed by atoms with van der Waals surface area (Å²) in [6.07, 6.45) is 6.30. The summed E-state index contributed by atoms with van der Waals surface area (Å²) in [7, 11) is 1.44. The van der Waals surface area contributed by atoms with Gasteiger partial charge in [-0.25, -0.2) is 0 Å². The summed E-state index contributed by atoms with van der Waals surface area (Å²) < 4.78 is 4.84. The second kappa shape index (κ2) is 11.2. The molecule has 2 saturated carbocycles. The van der Waals surface area contributed by atoms with Crippen molar-refractivity contribution >= 4 is 5.97 Å². The van der Waals surface area contributed by atoms with Crippen LogP contribution in [-0.2, 0) is 9.53 Å². The Morgan fingerprint density at radius 1 is 1.12 bits per heavy atom. The van der Waals surface area contributed by atoms with Gasteiger partial charge in [-0.3, -0.25) is 4.79 Å². The van der Waals surface area contributed by atoms with Crippen LogP contribution in [0.1, 0.15) is 99.3 Å². The van der Waals surface area contributed by atoms with E-state index in [-0.39, 0.29) is 34.9 Å². The monoisotopic (exact) mass is 454 g/mol. The molecule has 0 amide bonds. The second-order valence-electron chi connectivity index (χ2n) is 11.9. The summed E-state index contributed by atoms with van der Waals surface area (Å²) in [6, 6.07) is 0. The molecule has 0 aliphatic heterocycles. The van der Waals surface area contributed by atoms with E-state index in [4.69, 9.17) is 4.74 Å². The van der Waals surface area contributed by atoms with Crippen molar-refractivity contribution in [2.24, 2.45) is 40.4 Å². The van der Waals surface area contributed by atoms with Gasteiger partial charge in [0.1, 0.15) is 0 Å². The zero-order valence-electron chi connectivity index (χ0n) is 21.6. The number of aliphatic hydroxyl groups is 3. The maximum Gasteiger partial charge on any atom is 0.305 e. The van der Waals surface area contributed by atoms with Crippen molar-refractivity contribution in [2.75, 3.05) is 7.11 Å². The average Bonchev–Trinajstić information content (AvgIpc) is 3.04. The normalized spacial score (nSPS) is 39.3. The van der Waals surface area contributed by atoms with Gasteiger partial charge in [0.15, 0.2) is 0 Å². The Morgan fingerprint density at radius 2 is 1.78 bits per heavy atom. The second-order valence-corrected chi connectivity index (χ2v) is 11.9. The lowest BCUT2D eigenvalue weighted by Crippen LogP contribution is -2.47. The van der Waals surface area contributed by atoms with Crippen molar-refractivity contribution in [3.05, 3.63) is 0 Å². The molecular formula is C27H50O5. The van der Waals surface area contributed by atoms with Gasteiger partial charge in [0.2, 0.25) is 0 Å². The number of ether oxygens (including phenoxy) is 1. The van der Waals surface area contributed by atoms with E-state index in [1.165, 1.54) is 7.11 Å². The van der Waals surface area contributed by atoms with E-state index >= 15 is 0 Å². The number of hydrogen-bond donors (Lipinski definition) is 3. The van der Waals surface area contributed by atoms with Crippen LogP contribution in [0.25, 0.3) is 0 Å². The lowest BCUT2D eigenvalue weighted by molar-refractivity contribution is -0.141. The summed E-state index contributed by atoms with van der Waals surface area (Å²) in [5.41, 5.74) is -0.171. The summed E-state index contributed by atoms with van der Waals surface area (Å²) >= 11 is 0. The minimum Gasteiger partial charge on any atom is -0.469 e. The van der Waals surface area contributed by atoms with Crippen LogP contribution < -0.4 is 0 Å². The lowest BCUT2D eigenvalue weighted by Gasteiger charge is -2.50. The first-order chi connectivity index (χ1) is 14.9. The molecule has 0 spiro atoms. The highest BCUT2D eigenvalue weighted by atomic mass is 16.5. The molecule has 0 aromatic rings. The molecule has 2 aliphatic rings. The molecule has 0 radical (unpaired) electrons. The molecular weight excluding hydrogens is 404 g/mol. The molecule has 10 atom stereocenters. The molecule has 2 aliphatic carbocycles. The van der Waals surface area contributed by atoms with Crippen molar-refractivity contribution < 1.29 is 24.9 Å². The van der Waals surface area contributed by atoms with Crippen LogP contribution in [0.3, 0.4) is 0 Å². The van der Waals surface area contributed by atoms with Crippen LogP contribution in [-0.4, -0.2) is 46.7 Å². The van der Waals surface area contributed by atoms with Crippen molar-refractivity contribution in [1.29, 1.82) is 0 Å². The molecule has 3 N–H and O–H groups in total. The highest BCUT2D eigenvalue weighted by Crippen LogP contribution is 2.56. The third kappa shape index (κ3) is 5.88. The number of hydrogen-bond acceptors (Lipinski definition) is 5. The minimum absolute atomic E-state index is 0.00139. The van der Waals surface area contributed by atoms with Gasteiger partial charge in [-0.2, -0.15) is 0 Å². The predicted octanol–water partition coefficient (Wildman–Crippen LogP) is 4.95. The first kappa shape index (κ1) is 27.6. The predicted molar refractivity (Wildman–Crippen MR) is 128 cm³/mol. The number of carbonyl (C=O) groups is 1. The molecule has 5 heteroatoms. The van der Waals surface area contributed by atoms with Crippen molar-refractivity contribution in [2.45, 2.75) is 118 Å². The first-order valence-corrected chi connectivity index (χ1v) is 13.0. The van der Waals surface area contributed by atoms with E-state index in [0.29, 0.717) is 36.5 Å². The number of carbonyl (C=O) groups excluding carboxylic acids is 1. The van der Waals surface area contributed by atoms with Gasteiger partial charge in [-0.15, -0.1) is 0 Å². The molecule has 0 saturated heterocycles. The molecule has 2 fully saturated rings. The molecule has 2 rings (SSSR count). The molecule has 1 unspecified atom stereocenters. The Bertz CT molecular complexity index is 605. The van der Waals surface area contributed by atoms with Crippen LogP contribution in [0, 0.1) is 40.4 Å². The van der Waals surface area contributed by atoms with Gasteiger partial charge >= 0.3 is 5.97 Å². The minimum atomic E-state index is -0.406. The molecule has 5 nitrogen and oxygen atoms in total. The van der Waals surface area contributed by atoms with Gasteiger partial charge in [0.05, 0.1) is 25.4 Å². The summed E-state index contributed by atoms with van der Waals surface area (Å²) in [4.78, 5) is 11.7. The van der Waals surface area contributed by atoms with Crippen LogP contribution >= 0.6 is 0 Å². The number of aliphatic hydroxyl groups excluding tert-OH is 3. The smallest absolute Gasteiger partial charge is 0.305 e. The zero-order chi connectivity index (χ0) is 24.3. The fraction of sp³-hybridized carbons (Fsp3) is 0.963. The first-order valence-electron chi connectivity index (χ1n) is 13.0. The average molecular weight is 455 g/mol. The van der Waals surface area contributed by atoms with Crippen LogP contribution in [0.5, 0.6) is 0 Å². The van der Waals surface area contributed by atoms with E-state index in [1.54, 1.807) is 0 Å². The molecule has 0 bridgehead atoms. The lowest BCUT2D eigenvalue weighted by atomic mass is 9.56. The molecule has 188 valence electrons. The Hall–Kier alpha value is -0.650. The van der Waals surface area contributed by atoms with E-state index in [9.17, 15) is 20.1 Å². The van der Waals surface area contributed by atoms with Gasteiger partial charge in [0.25, 0.3) is 0 Å². The van der Waals surface area contributed by atoms with Gasteiger partial charge < -0.3 is 20.1 Å². The van der Waals surface area contributed by atoms with E-state index in [2.05, 4.69) is 34.6 Å². The Kier molecular flexibility index (Phi) is 9.64. The van der Waals surface area contributed by atoms with E-state index < -0.39 is 6.10 Å². The van der Waals surface area contributed by atoms with Gasteiger partial charge in [-0.05, 0) is 98.7 Å². The third-order valence-electron chi connectivity index (χ3n) is 10.0. The number of rotatable bonds is 10. The van der Waals surface area contributed by atoms with Gasteiger partial charge in [0, 0.05) is 6.42 Å². The molecule has 0 aromatic carbocycles. The van der Waals surface area contributed by atoms with Crippen molar-refractivity contribution in [3.63, 3.8) is 0 Å². The standard InChI is InChI=1S/C27H50O5/c1-17(8-11-25(31)32-7)23-10-9-18(2)27(23,6)24(30)14-19(3)26(5)13-12-22(29)16-21(26)15-20(4)28/h17-24,28-30H,8-16H2,1-7H3/t17-,18-,19-,20+,21?,22-,23-,24+,26-,27+/m1/s1. The highest BCUT2D eigenvalue weighted by molar-refractivity contribution is 5.69. The van der Waals surface area contributed by atoms with Crippen LogP contribution in [0.15, 0.2) is 0 Å². The third-order valence-corrected chi connectivity index (χ3v) is 10.0. The zero-order valence-corrected chi connectivity index (χ0v) is 21.6. The highest BCUT2D eigenvalue weighted by Gasteiger charge is 2.52. The molecule has 0 aromatic heterocycles. The number of esters is 1. The van der Waals surface area contributed by atoms with Crippen LogP contribution in [0.2, 0.25) is 0 Å². The number of methoxy groups -OCH3 is 1. The van der Waals surface area contributed by atoms with Crippen molar-refractivity contribution in [1.82, 2.24) is 0 Å². The van der Waals surface area contributed by atoms with Crippen LogP contribution in [0.4, 0.5) is 0 Å². The maximum absolute atomic E-state index is 11.7. The molecule has 0 heterocycles. The summed E-state index contributed by atoms with van der Waals surface area (Å²) in [6.45, 7) is 13.2.